The Morgan fingerprint density at radius 2 is 2.21 bits per heavy atom. The summed E-state index contributed by atoms with van der Waals surface area (Å²) in [4.78, 5) is 11.0. The predicted octanol–water partition coefficient (Wildman–Crippen LogP) is 1.31. The fourth-order valence-corrected chi connectivity index (χ4v) is 1.07. The van der Waals surface area contributed by atoms with Gasteiger partial charge in [0.1, 0.15) is 11.9 Å². The molecule has 14 heavy (non-hydrogen) atoms. The van der Waals surface area contributed by atoms with Crippen LogP contribution >= 0.6 is 0 Å². The third-order valence-corrected chi connectivity index (χ3v) is 2.01. The van der Waals surface area contributed by atoms with Gasteiger partial charge in [-0.25, -0.2) is 4.39 Å². The van der Waals surface area contributed by atoms with Crippen LogP contribution in [0.25, 0.3) is 0 Å². The molecule has 1 atom stereocenters. The van der Waals surface area contributed by atoms with Crippen molar-refractivity contribution in [2.45, 2.75) is 13.0 Å². The summed E-state index contributed by atoms with van der Waals surface area (Å²) in [5.41, 5.74) is 6.46. The lowest BCUT2D eigenvalue weighted by Gasteiger charge is -2.09. The minimum atomic E-state index is -0.921. The molecule has 1 aromatic rings. The molecule has 0 aliphatic carbocycles. The van der Waals surface area contributed by atoms with Crippen molar-refractivity contribution < 1.29 is 13.9 Å². The van der Waals surface area contributed by atoms with Crippen molar-refractivity contribution >= 4 is 5.97 Å². The molecule has 0 fully saturated rings. The number of carbonyl (C=O) groups is 1. The summed E-state index contributed by atoms with van der Waals surface area (Å²) in [5, 5.41) is 0. The van der Waals surface area contributed by atoms with Crippen molar-refractivity contribution in [3.05, 3.63) is 35.1 Å². The van der Waals surface area contributed by atoms with Crippen LogP contribution in [0.5, 0.6) is 0 Å². The maximum atomic E-state index is 13.1. The molecule has 0 heterocycles. The number of carbonyl (C=O) groups excluding carboxylic acids is 1. The number of benzene rings is 1. The van der Waals surface area contributed by atoms with E-state index in [-0.39, 0.29) is 5.82 Å². The van der Waals surface area contributed by atoms with Crippen LogP contribution in [0.3, 0.4) is 0 Å². The van der Waals surface area contributed by atoms with Gasteiger partial charge >= 0.3 is 5.97 Å². The van der Waals surface area contributed by atoms with Gasteiger partial charge in [0.15, 0.2) is 0 Å². The molecule has 3 nitrogen and oxygen atoms in total. The number of nitrogens with two attached hydrogens (primary N) is 1. The zero-order valence-electron chi connectivity index (χ0n) is 8.08. The average molecular weight is 197 g/mol. The van der Waals surface area contributed by atoms with Crippen LogP contribution in [0.15, 0.2) is 18.2 Å². The maximum Gasteiger partial charge on any atom is 0.327 e. The number of aryl methyl sites for hydroxylation is 1. The van der Waals surface area contributed by atoms with E-state index in [9.17, 15) is 9.18 Å². The van der Waals surface area contributed by atoms with Gasteiger partial charge in [-0.3, -0.25) is 4.79 Å². The van der Waals surface area contributed by atoms with E-state index < -0.39 is 12.0 Å². The third kappa shape index (κ3) is 2.09. The SMILES string of the molecule is COC(=O)C(N)c1ccc(C)c(F)c1. The van der Waals surface area contributed by atoms with Gasteiger partial charge in [0.05, 0.1) is 7.11 Å². The zero-order chi connectivity index (χ0) is 10.7. The van der Waals surface area contributed by atoms with Crippen molar-refractivity contribution in [2.24, 2.45) is 5.73 Å². The van der Waals surface area contributed by atoms with E-state index in [1.165, 1.54) is 13.2 Å². The Kier molecular flexibility index (Phi) is 3.19. The Labute approximate surface area is 81.7 Å². The lowest BCUT2D eigenvalue weighted by atomic mass is 10.1. The Bertz CT molecular complexity index is 352. The van der Waals surface area contributed by atoms with Crippen molar-refractivity contribution in [1.82, 2.24) is 0 Å². The molecule has 0 saturated carbocycles. The fourth-order valence-electron chi connectivity index (χ4n) is 1.07. The van der Waals surface area contributed by atoms with Crippen molar-refractivity contribution in [3.63, 3.8) is 0 Å². The number of esters is 1. The van der Waals surface area contributed by atoms with Gasteiger partial charge in [-0.15, -0.1) is 0 Å². The molecule has 1 unspecified atom stereocenters. The lowest BCUT2D eigenvalue weighted by molar-refractivity contribution is -0.142. The molecular weight excluding hydrogens is 185 g/mol. The van der Waals surface area contributed by atoms with Gasteiger partial charge in [-0.1, -0.05) is 12.1 Å². The van der Waals surface area contributed by atoms with Crippen molar-refractivity contribution in [1.29, 1.82) is 0 Å². The Morgan fingerprint density at radius 3 is 2.71 bits per heavy atom. The maximum absolute atomic E-state index is 13.1. The zero-order valence-corrected chi connectivity index (χ0v) is 8.08. The van der Waals surface area contributed by atoms with Crippen LogP contribution in [0.4, 0.5) is 4.39 Å². The highest BCUT2D eigenvalue weighted by Gasteiger charge is 2.16. The van der Waals surface area contributed by atoms with Gasteiger partial charge in [0.2, 0.25) is 0 Å². The van der Waals surface area contributed by atoms with Crippen LogP contribution < -0.4 is 5.73 Å². The van der Waals surface area contributed by atoms with Gasteiger partial charge in [-0.2, -0.15) is 0 Å². The summed E-state index contributed by atoms with van der Waals surface area (Å²) < 4.78 is 17.5. The number of hydrogen-bond acceptors (Lipinski definition) is 3. The molecule has 0 aliphatic rings. The summed E-state index contributed by atoms with van der Waals surface area (Å²) in [7, 11) is 1.24. The summed E-state index contributed by atoms with van der Waals surface area (Å²) >= 11 is 0. The van der Waals surface area contributed by atoms with Crippen LogP contribution in [0.2, 0.25) is 0 Å². The summed E-state index contributed by atoms with van der Waals surface area (Å²) in [6.07, 6.45) is 0. The topological polar surface area (TPSA) is 52.3 Å². The van der Waals surface area contributed by atoms with Crippen LogP contribution in [-0.2, 0) is 9.53 Å². The second-order valence-corrected chi connectivity index (χ2v) is 3.01. The average Bonchev–Trinajstić information content (AvgIpc) is 2.20. The molecular formula is C10H12FNO2. The molecule has 0 aliphatic heterocycles. The van der Waals surface area contributed by atoms with E-state index in [4.69, 9.17) is 5.73 Å². The highest BCUT2D eigenvalue weighted by Crippen LogP contribution is 2.15. The standard InChI is InChI=1S/C10H12FNO2/c1-6-3-4-7(5-8(6)11)9(12)10(13)14-2/h3-5,9H,12H2,1-2H3. The molecule has 0 bridgehead atoms. The molecule has 0 aromatic heterocycles. The first-order valence-corrected chi connectivity index (χ1v) is 4.15. The van der Waals surface area contributed by atoms with E-state index >= 15 is 0 Å². The summed E-state index contributed by atoms with van der Waals surface area (Å²) in [6, 6.07) is 3.51. The highest BCUT2D eigenvalue weighted by atomic mass is 19.1. The normalized spacial score (nSPS) is 12.3. The van der Waals surface area contributed by atoms with Crippen molar-refractivity contribution in [2.75, 3.05) is 7.11 Å². The van der Waals surface area contributed by atoms with Crippen LogP contribution in [0.1, 0.15) is 17.2 Å². The van der Waals surface area contributed by atoms with Gasteiger partial charge in [0.25, 0.3) is 0 Å². The van der Waals surface area contributed by atoms with E-state index in [2.05, 4.69) is 4.74 Å². The monoisotopic (exact) mass is 197 g/mol. The smallest absolute Gasteiger partial charge is 0.327 e. The van der Waals surface area contributed by atoms with Gasteiger partial charge in [0, 0.05) is 0 Å². The predicted molar refractivity (Wildman–Crippen MR) is 50.1 cm³/mol. The quantitative estimate of drug-likeness (QED) is 0.727. The number of methoxy groups -OCH3 is 1. The summed E-state index contributed by atoms with van der Waals surface area (Å²) in [5.74, 6) is -0.949. The van der Waals surface area contributed by atoms with Gasteiger partial charge in [-0.05, 0) is 24.1 Å². The largest absolute Gasteiger partial charge is 0.468 e. The molecule has 0 amide bonds. The minimum Gasteiger partial charge on any atom is -0.468 e. The highest BCUT2D eigenvalue weighted by molar-refractivity contribution is 5.77. The second-order valence-electron chi connectivity index (χ2n) is 3.01. The first kappa shape index (κ1) is 10.7. The third-order valence-electron chi connectivity index (χ3n) is 2.01. The first-order valence-electron chi connectivity index (χ1n) is 4.15. The fraction of sp³-hybridized carbons (Fsp3) is 0.300. The molecule has 0 saturated heterocycles. The molecule has 1 rings (SSSR count). The molecule has 0 radical (unpaired) electrons. The van der Waals surface area contributed by atoms with Crippen LogP contribution in [0, 0.1) is 12.7 Å². The minimum absolute atomic E-state index is 0.373. The lowest BCUT2D eigenvalue weighted by Crippen LogP contribution is -2.22. The van der Waals surface area contributed by atoms with E-state index in [0.29, 0.717) is 11.1 Å². The molecule has 2 N–H and O–H groups in total. The molecule has 1 aromatic carbocycles. The Balaban J connectivity index is 2.96. The van der Waals surface area contributed by atoms with Gasteiger partial charge < -0.3 is 10.5 Å². The van der Waals surface area contributed by atoms with Crippen LogP contribution in [-0.4, -0.2) is 13.1 Å². The van der Waals surface area contributed by atoms with E-state index in [1.54, 1.807) is 19.1 Å². The number of ether oxygens (including phenoxy) is 1. The van der Waals surface area contributed by atoms with Crippen molar-refractivity contribution in [3.8, 4) is 0 Å². The second kappa shape index (κ2) is 4.19. The molecule has 0 spiro atoms. The van der Waals surface area contributed by atoms with E-state index in [1.807, 2.05) is 0 Å². The summed E-state index contributed by atoms with van der Waals surface area (Å²) in [6.45, 7) is 1.64. The molecule has 4 heteroatoms. The number of hydrogen-bond donors (Lipinski definition) is 1. The first-order chi connectivity index (χ1) is 6.56. The number of rotatable bonds is 2. The van der Waals surface area contributed by atoms with E-state index in [0.717, 1.165) is 0 Å². The Hall–Kier alpha value is -1.42. The Morgan fingerprint density at radius 1 is 1.57 bits per heavy atom. The molecule has 76 valence electrons. The number of halogens is 1.